The van der Waals surface area contributed by atoms with Gasteiger partial charge >= 0.3 is 59.1 Å². The smallest absolute Gasteiger partial charge is 0.547 e. The van der Waals surface area contributed by atoms with Crippen LogP contribution >= 0.6 is 16.9 Å². The maximum atomic E-state index is 10.7. The van der Waals surface area contributed by atoms with Gasteiger partial charge in [0.25, 0.3) is 0 Å². The molecule has 176 valence electrons. The zero-order valence-electron chi connectivity index (χ0n) is 19.5. The Morgan fingerprint density at radius 1 is 0.676 bits per heavy atom. The van der Waals surface area contributed by atoms with Crippen molar-refractivity contribution in [3.05, 3.63) is 71.8 Å². The van der Waals surface area contributed by atoms with Gasteiger partial charge in [0.05, 0.1) is 28.9 Å². The van der Waals surface area contributed by atoms with Crippen molar-refractivity contribution in [2.24, 2.45) is 0 Å². The van der Waals surface area contributed by atoms with Gasteiger partial charge in [0.2, 0.25) is 0 Å². The first-order chi connectivity index (χ1) is 15.2. The summed E-state index contributed by atoms with van der Waals surface area (Å²) in [5.41, 5.74) is -2.06. The molecular weight excluding hydrogens is 500 g/mol. The second-order valence-electron chi connectivity index (χ2n) is 7.35. The van der Waals surface area contributed by atoms with Crippen LogP contribution in [0.5, 0.6) is 0 Å². The number of hydrogen-bond donors (Lipinski definition) is 2. The van der Waals surface area contributed by atoms with Crippen LogP contribution in [0, 0.1) is 0 Å². The van der Waals surface area contributed by atoms with Gasteiger partial charge in [0.1, 0.15) is 11.2 Å². The molecule has 34 heavy (non-hydrogen) atoms. The van der Waals surface area contributed by atoms with Crippen molar-refractivity contribution in [1.29, 1.82) is 0 Å². The van der Waals surface area contributed by atoms with Gasteiger partial charge in [-0.2, -0.15) is 0 Å². The second-order valence-corrected chi connectivity index (χ2v) is 8.83. The van der Waals surface area contributed by atoms with Crippen LogP contribution in [0.1, 0.15) is 24.0 Å². The summed E-state index contributed by atoms with van der Waals surface area (Å²) in [6.07, 6.45) is 0.420. The summed E-state index contributed by atoms with van der Waals surface area (Å²) < 4.78 is 21.0. The largest absolute Gasteiger partial charge is 1.00 e. The topological polar surface area (TPSA) is 155 Å². The number of carboxylic acid groups (broad SMARTS) is 2. The number of aliphatic hydroxyl groups is 2. The minimum Gasteiger partial charge on any atom is -0.547 e. The maximum absolute atomic E-state index is 10.7. The summed E-state index contributed by atoms with van der Waals surface area (Å²) in [6.45, 7) is 0. The summed E-state index contributed by atoms with van der Waals surface area (Å²) in [6, 6.07) is 18.5. The van der Waals surface area contributed by atoms with Gasteiger partial charge < -0.3 is 39.1 Å². The number of benzene rings is 2. The molecule has 0 fully saturated rings. The molecule has 2 rings (SSSR count). The molecule has 2 N–H and O–H groups in total. The summed E-state index contributed by atoms with van der Waals surface area (Å²) >= 11 is 0. The van der Waals surface area contributed by atoms with Crippen molar-refractivity contribution in [3.8, 4) is 0 Å². The molecule has 0 saturated carbocycles. The van der Waals surface area contributed by atoms with Gasteiger partial charge in [-0.3, -0.25) is 0 Å². The molecule has 0 aromatic heterocycles. The Bertz CT molecular complexity index is 815. The molecule has 12 heteroatoms. The third-order valence-electron chi connectivity index (χ3n) is 4.94. The van der Waals surface area contributed by atoms with Crippen molar-refractivity contribution >= 4 is 28.9 Å². The first-order valence-corrected chi connectivity index (χ1v) is 12.6. The van der Waals surface area contributed by atoms with Crippen molar-refractivity contribution < 1.29 is 98.3 Å². The second kappa shape index (κ2) is 18.9. The molecule has 2 aromatic carbocycles. The third kappa shape index (κ3) is 13.2. The van der Waals surface area contributed by atoms with Crippen molar-refractivity contribution in [2.75, 3.05) is 12.3 Å². The van der Waals surface area contributed by atoms with E-state index < -0.39 is 40.1 Å². The molecule has 0 aliphatic rings. The van der Waals surface area contributed by atoms with Gasteiger partial charge in [0.15, 0.2) is 0 Å². The number of carbonyl (C=O) groups is 2. The van der Waals surface area contributed by atoms with E-state index in [9.17, 15) is 39.1 Å². The van der Waals surface area contributed by atoms with E-state index in [1.807, 2.05) is 60.7 Å². The molecule has 0 bridgehead atoms. The van der Waals surface area contributed by atoms with Gasteiger partial charge in [-0.15, -0.1) is 0 Å². The number of carbonyl (C=O) groups excluding carboxylic acids is 2. The van der Waals surface area contributed by atoms with E-state index in [1.54, 1.807) is 0 Å². The summed E-state index contributed by atoms with van der Waals surface area (Å²) in [4.78, 5) is 21.5. The fraction of sp³-hybridized carbons (Fsp3) is 0.364. The molecule has 2 aromatic rings. The number of carboxylic acids is 2. The average Bonchev–Trinajstić information content (AvgIpc) is 2.78. The van der Waals surface area contributed by atoms with Crippen LogP contribution in [0.15, 0.2) is 60.7 Å². The predicted molar refractivity (Wildman–Crippen MR) is 120 cm³/mol. The van der Waals surface area contributed by atoms with E-state index in [4.69, 9.17) is 0 Å². The standard InChI is InChI=1S/2C11H15O4P.2Na/c2*12-10(13)11(14,8-16-15)7-6-9-4-2-1-3-5-9;;/h2*1-5,14H,6-8,16H2,(H,12,13);;/q;;2*+1/p-2. The normalized spacial score (nSPS) is 14.2. The van der Waals surface area contributed by atoms with E-state index in [-0.39, 0.29) is 84.3 Å². The third-order valence-corrected chi connectivity index (χ3v) is 6.63. The molecular formula is C22H28Na2O8P2. The molecule has 0 spiro atoms. The van der Waals surface area contributed by atoms with Crippen LogP contribution in [0.2, 0.25) is 0 Å². The molecule has 0 amide bonds. The Morgan fingerprint density at radius 2 is 0.971 bits per heavy atom. The number of aliphatic carboxylic acids is 2. The molecule has 8 nitrogen and oxygen atoms in total. The van der Waals surface area contributed by atoms with Crippen LogP contribution in [-0.4, -0.2) is 45.7 Å². The van der Waals surface area contributed by atoms with Gasteiger partial charge in [-0.25, -0.2) is 0 Å². The molecule has 4 unspecified atom stereocenters. The number of hydrogen-bond acceptors (Lipinski definition) is 8. The van der Waals surface area contributed by atoms with Crippen LogP contribution in [0.3, 0.4) is 0 Å². The quantitative estimate of drug-likeness (QED) is 0.204. The molecule has 0 aliphatic carbocycles. The predicted octanol–water partition coefficient (Wildman–Crippen LogP) is -6.28. The van der Waals surface area contributed by atoms with E-state index >= 15 is 0 Å². The fourth-order valence-electron chi connectivity index (χ4n) is 2.84. The van der Waals surface area contributed by atoms with Crippen LogP contribution < -0.4 is 69.3 Å². The van der Waals surface area contributed by atoms with Crippen LogP contribution in [0.4, 0.5) is 0 Å². The molecule has 0 aliphatic heterocycles. The Balaban J connectivity index is 0. The summed E-state index contributed by atoms with van der Waals surface area (Å²) in [5, 5.41) is 40.9. The monoisotopic (exact) mass is 528 g/mol. The number of aryl methyl sites for hydroxylation is 2. The Kier molecular flexibility index (Phi) is 20.0. The van der Waals surface area contributed by atoms with E-state index in [0.29, 0.717) is 12.8 Å². The maximum Gasteiger partial charge on any atom is 1.00 e. The van der Waals surface area contributed by atoms with Gasteiger partial charge in [-0.05, 0) is 36.8 Å². The summed E-state index contributed by atoms with van der Waals surface area (Å²) in [7, 11) is -2.61. The zero-order chi connectivity index (χ0) is 24.0. The Morgan fingerprint density at radius 3 is 1.21 bits per heavy atom. The van der Waals surface area contributed by atoms with Crippen LogP contribution in [-0.2, 0) is 31.6 Å². The van der Waals surface area contributed by atoms with Gasteiger partial charge in [-0.1, -0.05) is 60.7 Å². The number of rotatable bonds is 12. The fourth-order valence-corrected chi connectivity index (χ4v) is 4.14. The summed E-state index contributed by atoms with van der Waals surface area (Å²) in [5.74, 6) is -3.10. The molecule has 4 atom stereocenters. The van der Waals surface area contributed by atoms with E-state index in [0.717, 1.165) is 11.1 Å². The minimum absolute atomic E-state index is 0. The average molecular weight is 528 g/mol. The van der Waals surface area contributed by atoms with Gasteiger partial charge in [0, 0.05) is 12.3 Å². The van der Waals surface area contributed by atoms with Crippen molar-refractivity contribution in [2.45, 2.75) is 36.9 Å². The first kappa shape index (κ1) is 35.9. The SMILES string of the molecule is O=[PH2]CC(O)(CCc1ccccc1)C(=O)[O-].O=[PH2]CC(O)(CCc1ccccc1)C(=O)[O-].[Na+].[Na+]. The Hall–Kier alpha value is -0.240. The first-order valence-electron chi connectivity index (χ1n) is 9.99. The Labute approximate surface area is 246 Å². The molecule has 0 saturated heterocycles. The molecule has 0 radical (unpaired) electrons. The zero-order valence-corrected chi connectivity index (χ0v) is 25.8. The van der Waals surface area contributed by atoms with Crippen molar-refractivity contribution in [1.82, 2.24) is 0 Å². The minimum atomic E-state index is -1.97. The van der Waals surface area contributed by atoms with E-state index in [1.165, 1.54) is 0 Å². The van der Waals surface area contributed by atoms with Crippen molar-refractivity contribution in [3.63, 3.8) is 0 Å². The van der Waals surface area contributed by atoms with E-state index in [2.05, 4.69) is 0 Å². The van der Waals surface area contributed by atoms with Crippen LogP contribution in [0.25, 0.3) is 0 Å². The molecule has 0 heterocycles.